The van der Waals surface area contributed by atoms with Crippen molar-refractivity contribution in [3.05, 3.63) is 53.1 Å². The topological polar surface area (TPSA) is 50.8 Å². The molecule has 0 saturated carbocycles. The molecule has 0 aliphatic carbocycles. The van der Waals surface area contributed by atoms with Gasteiger partial charge in [0.1, 0.15) is 0 Å². The maximum atomic E-state index is 12.9. The molecule has 1 amide bonds. The summed E-state index contributed by atoms with van der Waals surface area (Å²) >= 11 is 0. The van der Waals surface area contributed by atoms with Crippen LogP contribution in [0.15, 0.2) is 36.4 Å². The molecule has 2 aliphatic heterocycles. The third-order valence-corrected chi connectivity index (χ3v) is 4.54. The van der Waals surface area contributed by atoms with Crippen LogP contribution in [0.2, 0.25) is 0 Å². The van der Waals surface area contributed by atoms with Gasteiger partial charge in [-0.1, -0.05) is 6.07 Å². The van der Waals surface area contributed by atoms with E-state index in [1.54, 1.807) is 0 Å². The van der Waals surface area contributed by atoms with Crippen LogP contribution in [-0.2, 0) is 13.0 Å². The molecule has 0 bridgehead atoms. The molecule has 1 N–H and O–H groups in total. The molecule has 5 nitrogen and oxygen atoms in total. The minimum absolute atomic E-state index is 0. The second-order valence-electron chi connectivity index (χ2n) is 6.06. The first-order chi connectivity index (χ1) is 11.7. The standard InChI is InChI=1S/C19H20N2O3.ClH/c1-2-21(11-13-3-6-17-18(9-13)24-12-23-17)19(22)15-4-5-16-14(10-15)7-8-20-16;/h3-6,9-10,20H,2,7-8,11-12H2,1H3;1H. The zero-order valence-electron chi connectivity index (χ0n) is 14.1. The van der Waals surface area contributed by atoms with E-state index in [9.17, 15) is 4.79 Å². The minimum Gasteiger partial charge on any atom is -0.454 e. The number of hydrogen-bond acceptors (Lipinski definition) is 4. The first-order valence-corrected chi connectivity index (χ1v) is 8.29. The molecule has 2 aliphatic rings. The van der Waals surface area contributed by atoms with Crippen LogP contribution in [0.4, 0.5) is 5.69 Å². The zero-order chi connectivity index (χ0) is 16.5. The predicted molar refractivity (Wildman–Crippen MR) is 98.9 cm³/mol. The van der Waals surface area contributed by atoms with E-state index >= 15 is 0 Å². The van der Waals surface area contributed by atoms with Crippen molar-refractivity contribution >= 4 is 24.0 Å². The van der Waals surface area contributed by atoms with Gasteiger partial charge in [0.25, 0.3) is 5.91 Å². The maximum Gasteiger partial charge on any atom is 0.254 e. The molecule has 0 fully saturated rings. The Balaban J connectivity index is 0.00000182. The SMILES string of the molecule is CCN(Cc1ccc2c(c1)OCO2)C(=O)c1ccc2c(c1)CCN2.Cl. The summed E-state index contributed by atoms with van der Waals surface area (Å²) in [7, 11) is 0. The molecule has 0 radical (unpaired) electrons. The fourth-order valence-corrected chi connectivity index (χ4v) is 3.21. The fourth-order valence-electron chi connectivity index (χ4n) is 3.21. The summed E-state index contributed by atoms with van der Waals surface area (Å²) in [6.07, 6.45) is 0.977. The highest BCUT2D eigenvalue weighted by molar-refractivity contribution is 5.95. The number of hydrogen-bond donors (Lipinski definition) is 1. The lowest BCUT2D eigenvalue weighted by atomic mass is 10.1. The Labute approximate surface area is 153 Å². The monoisotopic (exact) mass is 360 g/mol. The van der Waals surface area contributed by atoms with E-state index in [1.807, 2.05) is 48.2 Å². The van der Waals surface area contributed by atoms with Crippen LogP contribution >= 0.6 is 12.4 Å². The molecule has 0 unspecified atom stereocenters. The Kier molecular flexibility index (Phi) is 5.04. The molecule has 4 rings (SSSR count). The number of nitrogens with one attached hydrogen (secondary N) is 1. The van der Waals surface area contributed by atoms with Crippen LogP contribution in [-0.4, -0.2) is 30.7 Å². The van der Waals surface area contributed by atoms with Gasteiger partial charge in [0.15, 0.2) is 11.5 Å². The average Bonchev–Trinajstić information content (AvgIpc) is 3.26. The molecule has 25 heavy (non-hydrogen) atoms. The number of rotatable bonds is 4. The number of halogens is 1. The second-order valence-corrected chi connectivity index (χ2v) is 6.06. The quantitative estimate of drug-likeness (QED) is 0.907. The van der Waals surface area contributed by atoms with Crippen molar-refractivity contribution in [2.45, 2.75) is 19.9 Å². The lowest BCUT2D eigenvalue weighted by molar-refractivity contribution is 0.0752. The molecule has 132 valence electrons. The van der Waals surface area contributed by atoms with E-state index in [1.165, 1.54) is 5.56 Å². The van der Waals surface area contributed by atoms with Crippen molar-refractivity contribution in [2.75, 3.05) is 25.2 Å². The number of amides is 1. The number of anilines is 1. The first kappa shape index (κ1) is 17.4. The molecule has 6 heteroatoms. The number of fused-ring (bicyclic) bond motifs is 2. The smallest absolute Gasteiger partial charge is 0.254 e. The van der Waals surface area contributed by atoms with Gasteiger partial charge in [0.2, 0.25) is 6.79 Å². The van der Waals surface area contributed by atoms with E-state index in [-0.39, 0.29) is 25.1 Å². The van der Waals surface area contributed by atoms with Gasteiger partial charge in [-0.15, -0.1) is 12.4 Å². The number of ether oxygens (including phenoxy) is 2. The largest absolute Gasteiger partial charge is 0.454 e. The van der Waals surface area contributed by atoms with Crippen LogP contribution in [0, 0.1) is 0 Å². The van der Waals surface area contributed by atoms with Crippen molar-refractivity contribution in [1.29, 1.82) is 0 Å². The molecular formula is C19H21ClN2O3. The zero-order valence-corrected chi connectivity index (χ0v) is 14.9. The Morgan fingerprint density at radius 1 is 1.16 bits per heavy atom. The summed E-state index contributed by atoms with van der Waals surface area (Å²) in [5.74, 6) is 1.57. The highest BCUT2D eigenvalue weighted by Gasteiger charge is 2.19. The lowest BCUT2D eigenvalue weighted by Gasteiger charge is -2.21. The molecule has 0 aromatic heterocycles. The summed E-state index contributed by atoms with van der Waals surface area (Å²) in [5, 5.41) is 3.32. The highest BCUT2D eigenvalue weighted by atomic mass is 35.5. The second kappa shape index (κ2) is 7.23. The van der Waals surface area contributed by atoms with Gasteiger partial charge in [-0.05, 0) is 54.8 Å². The molecule has 2 aromatic carbocycles. The van der Waals surface area contributed by atoms with Crippen LogP contribution in [0.5, 0.6) is 11.5 Å². The number of carbonyl (C=O) groups is 1. The van der Waals surface area contributed by atoms with Crippen LogP contribution in [0.25, 0.3) is 0 Å². The third-order valence-electron chi connectivity index (χ3n) is 4.54. The first-order valence-electron chi connectivity index (χ1n) is 8.29. The fraction of sp³-hybridized carbons (Fsp3) is 0.316. The lowest BCUT2D eigenvalue weighted by Crippen LogP contribution is -2.30. The van der Waals surface area contributed by atoms with E-state index in [0.717, 1.165) is 41.3 Å². The molecular weight excluding hydrogens is 340 g/mol. The summed E-state index contributed by atoms with van der Waals surface area (Å²) < 4.78 is 10.8. The Morgan fingerprint density at radius 3 is 2.84 bits per heavy atom. The summed E-state index contributed by atoms with van der Waals surface area (Å²) in [6.45, 7) is 4.42. The van der Waals surface area contributed by atoms with E-state index < -0.39 is 0 Å². The van der Waals surface area contributed by atoms with Crippen molar-refractivity contribution in [1.82, 2.24) is 4.90 Å². The third kappa shape index (κ3) is 3.37. The molecule has 2 aromatic rings. The van der Waals surface area contributed by atoms with Crippen molar-refractivity contribution < 1.29 is 14.3 Å². The van der Waals surface area contributed by atoms with Crippen molar-refractivity contribution in [2.24, 2.45) is 0 Å². The van der Waals surface area contributed by atoms with E-state index in [0.29, 0.717) is 13.1 Å². The summed E-state index contributed by atoms with van der Waals surface area (Å²) in [4.78, 5) is 14.7. The van der Waals surface area contributed by atoms with E-state index in [4.69, 9.17) is 9.47 Å². The average molecular weight is 361 g/mol. The van der Waals surface area contributed by atoms with Crippen molar-refractivity contribution in [3.8, 4) is 11.5 Å². The minimum atomic E-state index is 0. The van der Waals surface area contributed by atoms with Gasteiger partial charge in [-0.25, -0.2) is 0 Å². The van der Waals surface area contributed by atoms with Gasteiger partial charge < -0.3 is 19.7 Å². The highest BCUT2D eigenvalue weighted by Crippen LogP contribution is 2.33. The maximum absolute atomic E-state index is 12.9. The van der Waals surface area contributed by atoms with Gasteiger partial charge in [0.05, 0.1) is 0 Å². The Hall–Kier alpha value is -2.40. The summed E-state index contributed by atoms with van der Waals surface area (Å²) in [6, 6.07) is 11.8. The van der Waals surface area contributed by atoms with E-state index in [2.05, 4.69) is 5.32 Å². The van der Waals surface area contributed by atoms with Crippen molar-refractivity contribution in [3.63, 3.8) is 0 Å². The predicted octanol–water partition coefficient (Wildman–Crippen LogP) is 3.47. The van der Waals surface area contributed by atoms with Gasteiger partial charge >= 0.3 is 0 Å². The number of carbonyl (C=O) groups excluding carboxylic acids is 1. The Morgan fingerprint density at radius 2 is 2.00 bits per heavy atom. The molecule has 0 spiro atoms. The number of nitrogens with zero attached hydrogens (tertiary/aromatic N) is 1. The number of benzene rings is 2. The van der Waals surface area contributed by atoms with Crippen LogP contribution < -0.4 is 14.8 Å². The Bertz CT molecular complexity index is 794. The molecule has 2 heterocycles. The van der Waals surface area contributed by atoms with Crippen LogP contribution in [0.1, 0.15) is 28.4 Å². The van der Waals surface area contributed by atoms with Gasteiger partial charge in [-0.2, -0.15) is 0 Å². The summed E-state index contributed by atoms with van der Waals surface area (Å²) in [5.41, 5.74) is 4.16. The van der Waals surface area contributed by atoms with Gasteiger partial charge in [-0.3, -0.25) is 4.79 Å². The molecule has 0 saturated heterocycles. The van der Waals surface area contributed by atoms with Crippen LogP contribution in [0.3, 0.4) is 0 Å². The van der Waals surface area contributed by atoms with Gasteiger partial charge in [0, 0.05) is 30.9 Å². The molecule has 0 atom stereocenters. The normalized spacial score (nSPS) is 13.6.